The smallest absolute Gasteiger partial charge is 0.227 e. The van der Waals surface area contributed by atoms with E-state index in [1.807, 2.05) is 18.5 Å². The Bertz CT molecular complexity index is 1210. The van der Waals surface area contributed by atoms with E-state index in [0.29, 0.717) is 34.8 Å². The van der Waals surface area contributed by atoms with Gasteiger partial charge in [-0.3, -0.25) is 14.7 Å². The van der Waals surface area contributed by atoms with E-state index in [1.54, 1.807) is 12.1 Å². The van der Waals surface area contributed by atoms with Gasteiger partial charge in [-0.25, -0.2) is 9.37 Å². The van der Waals surface area contributed by atoms with Gasteiger partial charge in [0.25, 0.3) is 0 Å². The average Bonchev–Trinajstić information content (AvgIpc) is 3.66. The maximum atomic E-state index is 13.3. The summed E-state index contributed by atoms with van der Waals surface area (Å²) in [4.78, 5) is 27.6. The fourth-order valence-electron chi connectivity index (χ4n) is 6.30. The van der Waals surface area contributed by atoms with Crippen LogP contribution < -0.4 is 5.32 Å². The molecule has 2 aromatic heterocycles. The number of halogens is 1. The van der Waals surface area contributed by atoms with Crippen LogP contribution in [-0.4, -0.2) is 64.1 Å². The lowest BCUT2D eigenvalue weighted by molar-refractivity contribution is -0.121. The molecule has 0 radical (unpaired) electrons. The third-order valence-electron chi connectivity index (χ3n) is 8.09. The fraction of sp³-hybridized carbons (Fsp3) is 0.519. The molecular formula is C27H32FN5O2. The zero-order valence-electron chi connectivity index (χ0n) is 19.9. The predicted octanol–water partition coefficient (Wildman–Crippen LogP) is 3.30. The third kappa shape index (κ3) is 4.57. The number of aryl methyl sites for hydroxylation is 1. The third-order valence-corrected chi connectivity index (χ3v) is 8.09. The molecule has 3 aromatic rings. The molecule has 35 heavy (non-hydrogen) atoms. The van der Waals surface area contributed by atoms with Gasteiger partial charge in [-0.15, -0.1) is 0 Å². The lowest BCUT2D eigenvalue weighted by atomic mass is 9.87. The molecule has 0 bridgehead atoms. The highest BCUT2D eigenvalue weighted by Crippen LogP contribution is 2.39. The lowest BCUT2D eigenvalue weighted by Crippen LogP contribution is -2.42. The number of alkyl halides is 1. The molecule has 0 spiro atoms. The molecular weight excluding hydrogens is 445 g/mol. The number of aromatic nitrogens is 3. The average molecular weight is 478 g/mol. The Hall–Kier alpha value is -2.84. The highest BCUT2D eigenvalue weighted by Gasteiger charge is 2.40. The van der Waals surface area contributed by atoms with Crippen molar-refractivity contribution in [3.05, 3.63) is 59.2 Å². The predicted molar refractivity (Wildman–Crippen MR) is 131 cm³/mol. The van der Waals surface area contributed by atoms with Crippen LogP contribution in [0.15, 0.2) is 36.7 Å². The number of fused-ring (bicyclic) bond motifs is 2. The van der Waals surface area contributed by atoms with Crippen LogP contribution in [0.4, 0.5) is 4.39 Å². The van der Waals surface area contributed by atoms with Crippen LogP contribution in [0.2, 0.25) is 0 Å². The number of nitrogens with one attached hydrogen (secondary N) is 2. The van der Waals surface area contributed by atoms with E-state index in [1.165, 1.54) is 11.1 Å². The molecule has 7 nitrogen and oxygen atoms in total. The first kappa shape index (κ1) is 22.6. The normalized spacial score (nSPS) is 26.4. The summed E-state index contributed by atoms with van der Waals surface area (Å²) in [5.41, 5.74) is 4.72. The Morgan fingerprint density at radius 3 is 3.06 bits per heavy atom. The van der Waals surface area contributed by atoms with Gasteiger partial charge < -0.3 is 15.0 Å². The molecule has 2 aliphatic heterocycles. The summed E-state index contributed by atoms with van der Waals surface area (Å²) < 4.78 is 19.0. The van der Waals surface area contributed by atoms with Gasteiger partial charge in [0.1, 0.15) is 12.5 Å². The molecule has 2 saturated heterocycles. The first-order valence-electron chi connectivity index (χ1n) is 12.7. The summed E-state index contributed by atoms with van der Waals surface area (Å²) >= 11 is 0. The van der Waals surface area contributed by atoms with Crippen LogP contribution in [0.25, 0.3) is 11.0 Å². The highest BCUT2D eigenvalue weighted by molar-refractivity contribution is 5.82. The topological polar surface area (TPSA) is 83.1 Å². The molecule has 3 unspecified atom stereocenters. The molecule has 4 atom stereocenters. The minimum atomic E-state index is -0.571. The number of H-pyrrole nitrogens is 1. The Morgan fingerprint density at radius 2 is 2.20 bits per heavy atom. The number of carbonyl (C=O) groups is 1. The largest absolute Gasteiger partial charge is 0.380 e. The molecule has 2 N–H and O–H groups in total. The molecule has 8 heteroatoms. The van der Waals surface area contributed by atoms with Gasteiger partial charge in [0.2, 0.25) is 5.91 Å². The number of hydrogen-bond acceptors (Lipinski definition) is 5. The minimum absolute atomic E-state index is 0.0404. The number of likely N-dealkylation sites (tertiary alicyclic amines) is 1. The molecule has 1 aliphatic carbocycles. The number of imidazole rings is 1. The fourth-order valence-corrected chi connectivity index (χ4v) is 6.30. The van der Waals surface area contributed by atoms with Gasteiger partial charge >= 0.3 is 0 Å². The summed E-state index contributed by atoms with van der Waals surface area (Å²) in [6, 6.07) is 8.11. The van der Waals surface area contributed by atoms with Crippen LogP contribution >= 0.6 is 0 Å². The quantitative estimate of drug-likeness (QED) is 0.546. The number of nitrogens with zero attached hydrogens (tertiary/aromatic N) is 3. The molecule has 1 aromatic carbocycles. The Kier molecular flexibility index (Phi) is 6.24. The first-order chi connectivity index (χ1) is 17.2. The monoisotopic (exact) mass is 477 g/mol. The second-order valence-corrected chi connectivity index (χ2v) is 10.3. The number of carbonyl (C=O) groups excluding carboxylic acids is 1. The molecule has 4 heterocycles. The SMILES string of the molecule is O=C(Cc1nc2c(CF)cccc2[nH]1)NC1CN(C2CCOC2)C[C@@H]1CC1CCc2cnccc21. The van der Waals surface area contributed by atoms with E-state index in [-0.39, 0.29) is 18.4 Å². The minimum Gasteiger partial charge on any atom is -0.380 e. The van der Waals surface area contributed by atoms with E-state index in [2.05, 4.69) is 31.2 Å². The number of aromatic amines is 1. The van der Waals surface area contributed by atoms with E-state index < -0.39 is 6.67 Å². The van der Waals surface area contributed by atoms with Gasteiger partial charge in [-0.1, -0.05) is 12.1 Å². The van der Waals surface area contributed by atoms with Gasteiger partial charge in [0.15, 0.2) is 0 Å². The van der Waals surface area contributed by atoms with E-state index in [0.717, 1.165) is 57.5 Å². The van der Waals surface area contributed by atoms with Crippen LogP contribution in [0.5, 0.6) is 0 Å². The molecule has 1 amide bonds. The number of para-hydroxylation sites is 1. The van der Waals surface area contributed by atoms with E-state index in [9.17, 15) is 9.18 Å². The summed E-state index contributed by atoms with van der Waals surface area (Å²) in [6.07, 6.45) is 8.43. The summed E-state index contributed by atoms with van der Waals surface area (Å²) in [5.74, 6) is 1.44. The number of amides is 1. The number of rotatable bonds is 7. The maximum Gasteiger partial charge on any atom is 0.227 e. The maximum absolute atomic E-state index is 13.3. The van der Waals surface area contributed by atoms with Crippen LogP contribution in [0.3, 0.4) is 0 Å². The van der Waals surface area contributed by atoms with Crippen molar-refractivity contribution in [1.82, 2.24) is 25.2 Å². The second kappa shape index (κ2) is 9.66. The number of benzene rings is 1. The molecule has 6 rings (SSSR count). The zero-order valence-corrected chi connectivity index (χ0v) is 19.9. The Balaban J connectivity index is 1.16. The molecule has 2 fully saturated rings. The van der Waals surface area contributed by atoms with Crippen LogP contribution in [0.1, 0.15) is 47.7 Å². The summed E-state index contributed by atoms with van der Waals surface area (Å²) in [7, 11) is 0. The number of hydrogen-bond donors (Lipinski definition) is 2. The summed E-state index contributed by atoms with van der Waals surface area (Å²) in [6.45, 7) is 2.87. The number of ether oxygens (including phenoxy) is 1. The van der Waals surface area contributed by atoms with Crippen molar-refractivity contribution < 1.29 is 13.9 Å². The summed E-state index contributed by atoms with van der Waals surface area (Å²) in [5, 5.41) is 3.33. The van der Waals surface area contributed by atoms with E-state index in [4.69, 9.17) is 4.74 Å². The van der Waals surface area contributed by atoms with Crippen molar-refractivity contribution in [2.75, 3.05) is 26.3 Å². The van der Waals surface area contributed by atoms with Gasteiger partial charge in [0, 0.05) is 49.7 Å². The van der Waals surface area contributed by atoms with Crippen LogP contribution in [0, 0.1) is 5.92 Å². The molecule has 3 aliphatic rings. The molecule has 0 saturated carbocycles. The Labute approximate surface area is 204 Å². The lowest BCUT2D eigenvalue weighted by Gasteiger charge is -2.23. The molecule has 184 valence electrons. The number of pyridine rings is 1. The van der Waals surface area contributed by atoms with E-state index >= 15 is 0 Å². The van der Waals surface area contributed by atoms with Gasteiger partial charge in [-0.05, 0) is 60.8 Å². The highest BCUT2D eigenvalue weighted by atomic mass is 19.1. The van der Waals surface area contributed by atoms with Crippen molar-refractivity contribution in [3.8, 4) is 0 Å². The van der Waals surface area contributed by atoms with Gasteiger partial charge in [-0.2, -0.15) is 0 Å². The Morgan fingerprint density at radius 1 is 1.26 bits per heavy atom. The van der Waals surface area contributed by atoms with Crippen molar-refractivity contribution >= 4 is 16.9 Å². The van der Waals surface area contributed by atoms with Crippen molar-refractivity contribution in [3.63, 3.8) is 0 Å². The van der Waals surface area contributed by atoms with Crippen molar-refractivity contribution in [1.29, 1.82) is 0 Å². The second-order valence-electron chi connectivity index (χ2n) is 10.3. The van der Waals surface area contributed by atoms with Crippen molar-refractivity contribution in [2.45, 2.75) is 56.8 Å². The zero-order chi connectivity index (χ0) is 23.8. The van der Waals surface area contributed by atoms with Crippen LogP contribution in [-0.2, 0) is 29.0 Å². The first-order valence-corrected chi connectivity index (χ1v) is 12.7. The van der Waals surface area contributed by atoms with Gasteiger partial charge in [0.05, 0.1) is 24.1 Å². The standard InChI is InChI=1S/C27H32FN5O2/c28-12-18-2-1-3-23-27(18)32-25(30-23)11-26(34)31-24-15-33(21-7-9-35-16-21)14-20(24)10-17-4-5-19-13-29-8-6-22(17)19/h1-3,6,8,13,17,20-21,24H,4-5,7,9-12,14-16H2,(H,30,32)(H,31,34)/t17?,20-,21?,24?/m0/s1. The van der Waals surface area contributed by atoms with Crippen molar-refractivity contribution in [2.24, 2.45) is 5.92 Å².